The second-order valence-electron chi connectivity index (χ2n) is 5.88. The maximum Gasteiger partial charge on any atom is 0.241 e. The molecule has 25 heavy (non-hydrogen) atoms. The number of amides is 2. The number of carbonyl (C=O) groups is 2. The third-order valence-electron chi connectivity index (χ3n) is 4.19. The van der Waals surface area contributed by atoms with Crippen molar-refractivity contribution < 1.29 is 19.1 Å². The largest absolute Gasteiger partial charge is 0.497 e. The fourth-order valence-corrected chi connectivity index (χ4v) is 2.76. The van der Waals surface area contributed by atoms with Crippen LogP contribution in [0, 0.1) is 0 Å². The SMILES string of the molecule is COc1cc(NC2CCN(C(=O)CNC(=O)CN)CC2)cc(OC)c1. The molecule has 8 nitrogen and oxygen atoms in total. The minimum atomic E-state index is -0.322. The normalized spacial score (nSPS) is 14.8. The van der Waals surface area contributed by atoms with Crippen LogP contribution in [0.4, 0.5) is 5.69 Å². The zero-order valence-electron chi connectivity index (χ0n) is 14.7. The van der Waals surface area contributed by atoms with Crippen molar-refractivity contribution in [1.29, 1.82) is 0 Å². The maximum absolute atomic E-state index is 12.1. The van der Waals surface area contributed by atoms with E-state index < -0.39 is 0 Å². The standard InChI is InChI=1S/C17H26N4O4/c1-24-14-7-13(8-15(9-14)25-2)20-12-3-5-21(6-4-12)17(23)11-19-16(22)10-18/h7-9,12,20H,3-6,10-11,18H2,1-2H3,(H,19,22). The van der Waals surface area contributed by atoms with Crippen LogP contribution < -0.4 is 25.8 Å². The van der Waals surface area contributed by atoms with Crippen LogP contribution in [0.3, 0.4) is 0 Å². The lowest BCUT2D eigenvalue weighted by molar-refractivity contribution is -0.133. The zero-order chi connectivity index (χ0) is 18.2. The van der Waals surface area contributed by atoms with Crippen molar-refractivity contribution in [3.63, 3.8) is 0 Å². The molecule has 0 aromatic heterocycles. The molecule has 0 atom stereocenters. The molecule has 0 unspecified atom stereocenters. The van der Waals surface area contributed by atoms with Crippen molar-refractivity contribution in [3.8, 4) is 11.5 Å². The number of methoxy groups -OCH3 is 2. The molecule has 0 spiro atoms. The number of piperidine rings is 1. The molecule has 0 radical (unpaired) electrons. The lowest BCUT2D eigenvalue weighted by Gasteiger charge is -2.33. The number of nitrogens with one attached hydrogen (secondary N) is 2. The average molecular weight is 350 g/mol. The highest BCUT2D eigenvalue weighted by Crippen LogP contribution is 2.27. The molecule has 1 aliphatic rings. The highest BCUT2D eigenvalue weighted by molar-refractivity contribution is 5.85. The zero-order valence-corrected chi connectivity index (χ0v) is 14.7. The Balaban J connectivity index is 1.84. The van der Waals surface area contributed by atoms with Gasteiger partial charge in [0.2, 0.25) is 11.8 Å². The molecular weight excluding hydrogens is 324 g/mol. The molecular formula is C17H26N4O4. The van der Waals surface area contributed by atoms with Gasteiger partial charge in [0.1, 0.15) is 11.5 Å². The summed E-state index contributed by atoms with van der Waals surface area (Å²) in [6.07, 6.45) is 1.66. The number of benzene rings is 1. The third kappa shape index (κ3) is 5.53. The number of hydrogen-bond acceptors (Lipinski definition) is 6. The second-order valence-corrected chi connectivity index (χ2v) is 5.88. The van der Waals surface area contributed by atoms with Gasteiger partial charge >= 0.3 is 0 Å². The number of rotatable bonds is 7. The Morgan fingerprint density at radius 2 is 1.76 bits per heavy atom. The van der Waals surface area contributed by atoms with Crippen LogP contribution in [0.15, 0.2) is 18.2 Å². The minimum Gasteiger partial charge on any atom is -0.497 e. The summed E-state index contributed by atoms with van der Waals surface area (Å²) >= 11 is 0. The van der Waals surface area contributed by atoms with Crippen molar-refractivity contribution in [3.05, 3.63) is 18.2 Å². The summed E-state index contributed by atoms with van der Waals surface area (Å²) in [5.74, 6) is 1.05. The summed E-state index contributed by atoms with van der Waals surface area (Å²) in [7, 11) is 3.23. The van der Waals surface area contributed by atoms with Gasteiger partial charge in [-0.2, -0.15) is 0 Å². The van der Waals surface area contributed by atoms with Crippen molar-refractivity contribution in [2.75, 3.05) is 45.7 Å². The van der Waals surface area contributed by atoms with E-state index in [0.717, 1.165) is 30.0 Å². The molecule has 138 valence electrons. The predicted molar refractivity (Wildman–Crippen MR) is 94.8 cm³/mol. The number of likely N-dealkylation sites (tertiary alicyclic amines) is 1. The first-order chi connectivity index (χ1) is 12.0. The minimum absolute atomic E-state index is 0.00120. The van der Waals surface area contributed by atoms with Crippen molar-refractivity contribution in [2.45, 2.75) is 18.9 Å². The number of hydrogen-bond donors (Lipinski definition) is 3. The Bertz CT molecular complexity index is 578. The number of anilines is 1. The molecule has 4 N–H and O–H groups in total. The Morgan fingerprint density at radius 1 is 1.16 bits per heavy atom. The van der Waals surface area contributed by atoms with E-state index in [1.54, 1.807) is 19.1 Å². The Kier molecular flexibility index (Phi) is 6.88. The van der Waals surface area contributed by atoms with Crippen molar-refractivity contribution in [1.82, 2.24) is 10.2 Å². The molecule has 8 heteroatoms. The molecule has 1 aliphatic heterocycles. The topological polar surface area (TPSA) is 106 Å². The number of nitrogens with zero attached hydrogens (tertiary/aromatic N) is 1. The first-order valence-corrected chi connectivity index (χ1v) is 8.30. The highest BCUT2D eigenvalue weighted by atomic mass is 16.5. The Hall–Kier alpha value is -2.48. The van der Waals surface area contributed by atoms with Gasteiger partial charge in [0.05, 0.1) is 27.3 Å². The second kappa shape index (κ2) is 9.12. The number of ether oxygens (including phenoxy) is 2. The molecule has 1 aromatic rings. The number of nitrogens with two attached hydrogens (primary N) is 1. The summed E-state index contributed by atoms with van der Waals surface area (Å²) in [6, 6.07) is 5.92. The predicted octanol–water partition coefficient (Wildman–Crippen LogP) is 0.182. The fourth-order valence-electron chi connectivity index (χ4n) is 2.76. The van der Waals surface area contributed by atoms with Gasteiger partial charge in [-0.15, -0.1) is 0 Å². The number of carbonyl (C=O) groups excluding carboxylic acids is 2. The first-order valence-electron chi connectivity index (χ1n) is 8.30. The highest BCUT2D eigenvalue weighted by Gasteiger charge is 2.23. The van der Waals surface area contributed by atoms with Gasteiger partial charge in [-0.1, -0.05) is 0 Å². The summed E-state index contributed by atoms with van der Waals surface area (Å²) in [4.78, 5) is 25.0. The van der Waals surface area contributed by atoms with Gasteiger partial charge in [-0.25, -0.2) is 0 Å². The van der Waals surface area contributed by atoms with E-state index in [0.29, 0.717) is 13.1 Å². The summed E-state index contributed by atoms with van der Waals surface area (Å²) < 4.78 is 10.5. The van der Waals surface area contributed by atoms with Crippen LogP contribution in [-0.4, -0.2) is 63.2 Å². The summed E-state index contributed by atoms with van der Waals surface area (Å²) in [5.41, 5.74) is 6.13. The molecule has 0 saturated carbocycles. The quantitative estimate of drug-likeness (QED) is 0.648. The lowest BCUT2D eigenvalue weighted by Crippen LogP contribution is -2.47. The Labute approximate surface area is 147 Å². The van der Waals surface area contributed by atoms with Crippen molar-refractivity contribution in [2.24, 2.45) is 5.73 Å². The third-order valence-corrected chi connectivity index (χ3v) is 4.19. The molecule has 2 amide bonds. The van der Waals surface area contributed by atoms with Gasteiger partial charge in [-0.05, 0) is 12.8 Å². The molecule has 1 fully saturated rings. The average Bonchev–Trinajstić information content (AvgIpc) is 2.65. The van der Waals surface area contributed by atoms with E-state index in [4.69, 9.17) is 15.2 Å². The molecule has 1 saturated heterocycles. The van der Waals surface area contributed by atoms with E-state index in [1.807, 2.05) is 18.2 Å². The van der Waals surface area contributed by atoms with E-state index in [1.165, 1.54) is 0 Å². The van der Waals surface area contributed by atoms with Crippen LogP contribution in [0.25, 0.3) is 0 Å². The summed E-state index contributed by atoms with van der Waals surface area (Å²) in [6.45, 7) is 1.19. The van der Waals surface area contributed by atoms with E-state index >= 15 is 0 Å². The van der Waals surface area contributed by atoms with Crippen molar-refractivity contribution >= 4 is 17.5 Å². The first kappa shape index (κ1) is 18.9. The van der Waals surface area contributed by atoms with Crippen LogP contribution >= 0.6 is 0 Å². The smallest absolute Gasteiger partial charge is 0.241 e. The van der Waals surface area contributed by atoms with Gasteiger partial charge in [0, 0.05) is 43.0 Å². The van der Waals surface area contributed by atoms with E-state index in [-0.39, 0.29) is 30.9 Å². The van der Waals surface area contributed by atoms with Gasteiger partial charge < -0.3 is 30.7 Å². The van der Waals surface area contributed by atoms with Crippen LogP contribution in [0.1, 0.15) is 12.8 Å². The molecule has 0 bridgehead atoms. The van der Waals surface area contributed by atoms with Crippen LogP contribution in [0.2, 0.25) is 0 Å². The molecule has 2 rings (SSSR count). The monoisotopic (exact) mass is 350 g/mol. The van der Waals surface area contributed by atoms with Gasteiger partial charge in [0.25, 0.3) is 0 Å². The molecule has 1 aromatic carbocycles. The van der Waals surface area contributed by atoms with Crippen LogP contribution in [-0.2, 0) is 9.59 Å². The van der Waals surface area contributed by atoms with Crippen LogP contribution in [0.5, 0.6) is 11.5 Å². The maximum atomic E-state index is 12.1. The lowest BCUT2D eigenvalue weighted by atomic mass is 10.0. The van der Waals surface area contributed by atoms with E-state index in [2.05, 4.69) is 10.6 Å². The molecule has 1 heterocycles. The fraction of sp³-hybridized carbons (Fsp3) is 0.529. The summed E-state index contributed by atoms with van der Waals surface area (Å²) in [5, 5.41) is 5.97. The Morgan fingerprint density at radius 3 is 2.28 bits per heavy atom. The molecule has 0 aliphatic carbocycles. The van der Waals surface area contributed by atoms with Gasteiger partial charge in [-0.3, -0.25) is 9.59 Å². The van der Waals surface area contributed by atoms with Gasteiger partial charge in [0.15, 0.2) is 0 Å². The van der Waals surface area contributed by atoms with E-state index in [9.17, 15) is 9.59 Å².